The van der Waals surface area contributed by atoms with Gasteiger partial charge in [0.2, 0.25) is 0 Å². The van der Waals surface area contributed by atoms with Crippen LogP contribution in [0.3, 0.4) is 0 Å². The van der Waals surface area contributed by atoms with Gasteiger partial charge in [-0.05, 0) is 50.5 Å². The Balaban J connectivity index is 1.32. The van der Waals surface area contributed by atoms with Gasteiger partial charge in [-0.3, -0.25) is 4.79 Å². The monoisotopic (exact) mass is 496 g/mol. The molecule has 3 amide bonds. The van der Waals surface area contributed by atoms with Crippen LogP contribution < -0.4 is 20.7 Å². The van der Waals surface area contributed by atoms with Crippen molar-refractivity contribution in [1.82, 2.24) is 15.6 Å². The highest BCUT2D eigenvalue weighted by Gasteiger charge is 2.29. The van der Waals surface area contributed by atoms with Crippen molar-refractivity contribution < 1.29 is 18.7 Å². The molecule has 0 aliphatic heterocycles. The molecule has 9 heteroatoms. The van der Waals surface area contributed by atoms with Crippen molar-refractivity contribution in [2.24, 2.45) is 0 Å². The van der Waals surface area contributed by atoms with Crippen molar-refractivity contribution in [2.75, 3.05) is 5.32 Å². The molecule has 0 spiro atoms. The van der Waals surface area contributed by atoms with E-state index in [4.69, 9.17) is 4.74 Å². The van der Waals surface area contributed by atoms with Crippen molar-refractivity contribution in [3.05, 3.63) is 75.5 Å². The van der Waals surface area contributed by atoms with Gasteiger partial charge < -0.3 is 20.7 Å². The van der Waals surface area contributed by atoms with E-state index in [2.05, 4.69) is 20.9 Å². The van der Waals surface area contributed by atoms with Crippen molar-refractivity contribution in [2.45, 2.75) is 58.2 Å². The van der Waals surface area contributed by atoms with Crippen LogP contribution in [0.1, 0.15) is 52.3 Å². The zero-order chi connectivity index (χ0) is 24.8. The van der Waals surface area contributed by atoms with Gasteiger partial charge >= 0.3 is 6.03 Å². The number of carbonyl (C=O) groups is 2. The first-order chi connectivity index (χ1) is 16.9. The average Bonchev–Trinajstić information content (AvgIpc) is 3.31. The maximum Gasteiger partial charge on any atom is 0.319 e. The summed E-state index contributed by atoms with van der Waals surface area (Å²) in [6, 6.07) is 11.4. The summed E-state index contributed by atoms with van der Waals surface area (Å²) < 4.78 is 19.2. The first kappa shape index (κ1) is 24.7. The van der Waals surface area contributed by atoms with E-state index in [1.165, 1.54) is 17.4 Å². The third-order valence-electron chi connectivity index (χ3n) is 6.00. The molecule has 1 fully saturated rings. The SMILES string of the molecule is Cc1ccc(NC(=O)N[C@@H]2CCCC[C@H]2NC(=O)c2csc(COc3ccccc3F)n2)c(C)c1. The molecule has 35 heavy (non-hydrogen) atoms. The number of amides is 3. The zero-order valence-electron chi connectivity index (χ0n) is 19.8. The molecule has 0 unspecified atom stereocenters. The Bertz CT molecular complexity index is 1200. The standard InChI is InChI=1S/C26H29FN4O3S/c1-16-11-12-19(17(2)13-16)30-26(33)31-21-9-5-4-8-20(21)29-25(32)22-15-35-24(28-22)14-34-23-10-6-3-7-18(23)27/h3,6-7,10-13,15,20-21H,4-5,8-9,14H2,1-2H3,(H,29,32)(H2,30,31,33)/t20-,21-/m1/s1. The van der Waals surface area contributed by atoms with Crippen LogP contribution in [0.5, 0.6) is 5.75 Å². The molecule has 2 atom stereocenters. The third-order valence-corrected chi connectivity index (χ3v) is 6.82. The van der Waals surface area contributed by atoms with E-state index >= 15 is 0 Å². The lowest BCUT2D eigenvalue weighted by Crippen LogP contribution is -2.54. The van der Waals surface area contributed by atoms with Crippen LogP contribution in [0.15, 0.2) is 47.8 Å². The predicted octanol–water partition coefficient (Wildman–Crippen LogP) is 5.34. The number of para-hydroxylation sites is 1. The average molecular weight is 497 g/mol. The number of aryl methyl sites for hydroxylation is 2. The Labute approximate surface area is 208 Å². The van der Waals surface area contributed by atoms with Crippen LogP contribution in [-0.2, 0) is 6.61 Å². The summed E-state index contributed by atoms with van der Waals surface area (Å²) in [7, 11) is 0. The van der Waals surface area contributed by atoms with Crippen LogP contribution >= 0.6 is 11.3 Å². The van der Waals surface area contributed by atoms with Crippen molar-refractivity contribution in [3.63, 3.8) is 0 Å². The minimum absolute atomic E-state index is 0.0745. The van der Waals surface area contributed by atoms with E-state index in [0.717, 1.165) is 42.5 Å². The summed E-state index contributed by atoms with van der Waals surface area (Å²) in [5, 5.41) is 11.2. The first-order valence-corrected chi connectivity index (χ1v) is 12.5. The number of urea groups is 1. The number of aromatic nitrogens is 1. The predicted molar refractivity (Wildman–Crippen MR) is 134 cm³/mol. The number of nitrogens with zero attached hydrogens (tertiary/aromatic N) is 1. The van der Waals surface area contributed by atoms with Gasteiger partial charge in [-0.25, -0.2) is 14.2 Å². The fourth-order valence-electron chi connectivity index (χ4n) is 4.18. The van der Waals surface area contributed by atoms with Crippen LogP contribution in [0, 0.1) is 19.7 Å². The number of hydrogen-bond donors (Lipinski definition) is 3. The highest BCUT2D eigenvalue weighted by Crippen LogP contribution is 2.22. The van der Waals surface area contributed by atoms with Gasteiger partial charge in [0.1, 0.15) is 17.3 Å². The molecule has 1 aromatic heterocycles. The van der Waals surface area contributed by atoms with Crippen molar-refractivity contribution in [3.8, 4) is 5.75 Å². The molecule has 1 saturated carbocycles. The molecule has 0 saturated heterocycles. The van der Waals surface area contributed by atoms with Gasteiger partial charge in [0, 0.05) is 17.1 Å². The van der Waals surface area contributed by atoms with Gasteiger partial charge in [0.25, 0.3) is 5.91 Å². The second-order valence-corrected chi connectivity index (χ2v) is 9.68. The molecule has 184 valence electrons. The maximum atomic E-state index is 13.7. The lowest BCUT2D eigenvalue weighted by molar-refractivity contribution is 0.0911. The molecular formula is C26H29FN4O3S. The van der Waals surface area contributed by atoms with Gasteiger partial charge in [0.15, 0.2) is 11.6 Å². The molecular weight excluding hydrogens is 467 g/mol. The first-order valence-electron chi connectivity index (χ1n) is 11.7. The molecule has 3 aromatic rings. The molecule has 7 nitrogen and oxygen atoms in total. The number of ether oxygens (including phenoxy) is 1. The van der Waals surface area contributed by atoms with Crippen LogP contribution in [-0.4, -0.2) is 29.0 Å². The number of halogens is 1. The minimum atomic E-state index is -0.445. The van der Waals surface area contributed by atoms with Crippen LogP contribution in [0.2, 0.25) is 0 Å². The van der Waals surface area contributed by atoms with Crippen molar-refractivity contribution in [1.29, 1.82) is 0 Å². The lowest BCUT2D eigenvalue weighted by atomic mass is 9.90. The van der Waals surface area contributed by atoms with E-state index in [1.54, 1.807) is 23.6 Å². The van der Waals surface area contributed by atoms with Gasteiger partial charge in [-0.2, -0.15) is 0 Å². The molecule has 1 heterocycles. The third kappa shape index (κ3) is 6.57. The Kier molecular flexibility index (Phi) is 7.97. The molecule has 1 aliphatic carbocycles. The van der Waals surface area contributed by atoms with E-state index in [1.807, 2.05) is 32.0 Å². The van der Waals surface area contributed by atoms with E-state index in [-0.39, 0.29) is 42.1 Å². The number of carbonyl (C=O) groups excluding carboxylic acids is 2. The normalized spacial score (nSPS) is 17.5. The number of benzene rings is 2. The molecule has 0 radical (unpaired) electrons. The quantitative estimate of drug-likeness (QED) is 0.412. The fraction of sp³-hybridized carbons (Fsp3) is 0.346. The number of hydrogen-bond acceptors (Lipinski definition) is 5. The van der Waals surface area contributed by atoms with Crippen LogP contribution in [0.25, 0.3) is 0 Å². The van der Waals surface area contributed by atoms with E-state index < -0.39 is 5.82 Å². The number of rotatable bonds is 7. The highest BCUT2D eigenvalue weighted by atomic mass is 32.1. The summed E-state index contributed by atoms with van der Waals surface area (Å²) >= 11 is 1.28. The second kappa shape index (κ2) is 11.3. The van der Waals surface area contributed by atoms with Crippen molar-refractivity contribution >= 4 is 29.0 Å². The Hall–Kier alpha value is -3.46. The Morgan fingerprint density at radius 1 is 1.09 bits per heavy atom. The van der Waals surface area contributed by atoms with Crippen LogP contribution in [0.4, 0.5) is 14.9 Å². The molecule has 4 rings (SSSR count). The summed E-state index contributed by atoms with van der Waals surface area (Å²) in [5.74, 6) is -0.602. The number of anilines is 1. The van der Waals surface area contributed by atoms with Gasteiger partial charge in [-0.1, -0.05) is 42.7 Å². The Morgan fingerprint density at radius 2 is 1.83 bits per heavy atom. The molecule has 2 aromatic carbocycles. The highest BCUT2D eigenvalue weighted by molar-refractivity contribution is 7.09. The fourth-order valence-corrected chi connectivity index (χ4v) is 4.87. The minimum Gasteiger partial charge on any atom is -0.483 e. The van der Waals surface area contributed by atoms with E-state index in [9.17, 15) is 14.0 Å². The smallest absolute Gasteiger partial charge is 0.319 e. The molecule has 1 aliphatic rings. The molecule has 3 N–H and O–H groups in total. The summed E-state index contributed by atoms with van der Waals surface area (Å²) in [6.07, 6.45) is 3.51. The number of nitrogens with one attached hydrogen (secondary N) is 3. The lowest BCUT2D eigenvalue weighted by Gasteiger charge is -2.32. The summed E-state index contributed by atoms with van der Waals surface area (Å²) in [5.41, 5.74) is 3.17. The largest absolute Gasteiger partial charge is 0.483 e. The van der Waals surface area contributed by atoms with Gasteiger partial charge in [0.05, 0.1) is 6.04 Å². The number of thiazole rings is 1. The second-order valence-electron chi connectivity index (χ2n) is 8.73. The topological polar surface area (TPSA) is 92.4 Å². The zero-order valence-corrected chi connectivity index (χ0v) is 20.6. The molecule has 0 bridgehead atoms. The van der Waals surface area contributed by atoms with Gasteiger partial charge in [-0.15, -0.1) is 11.3 Å². The summed E-state index contributed by atoms with van der Waals surface area (Å²) in [4.78, 5) is 29.8. The van der Waals surface area contributed by atoms with E-state index in [0.29, 0.717) is 5.01 Å². The summed E-state index contributed by atoms with van der Waals surface area (Å²) in [6.45, 7) is 4.04. The Morgan fingerprint density at radius 3 is 2.57 bits per heavy atom. The maximum absolute atomic E-state index is 13.7.